The van der Waals surface area contributed by atoms with Gasteiger partial charge in [-0.05, 0) is 36.8 Å². The highest BCUT2D eigenvalue weighted by Crippen LogP contribution is 2.17. The molecule has 0 unspecified atom stereocenters. The zero-order valence-electron chi connectivity index (χ0n) is 11.5. The quantitative estimate of drug-likeness (QED) is 0.902. The normalized spacial score (nSPS) is 10.2. The van der Waals surface area contributed by atoms with Crippen molar-refractivity contribution in [1.29, 1.82) is 0 Å². The fourth-order valence-corrected chi connectivity index (χ4v) is 2.07. The molecule has 2 aromatic rings. The number of aryl methyl sites for hydroxylation is 1. The number of halogens is 1. The second kappa shape index (κ2) is 6.44. The minimum Gasteiger partial charge on any atom is -0.387 e. The molecule has 20 heavy (non-hydrogen) atoms. The predicted molar refractivity (Wildman–Crippen MR) is 83.3 cm³/mol. The Balaban J connectivity index is 2.08. The first kappa shape index (κ1) is 14.4. The van der Waals surface area contributed by atoms with E-state index in [-0.39, 0.29) is 5.91 Å². The van der Waals surface area contributed by atoms with Crippen molar-refractivity contribution in [3.63, 3.8) is 0 Å². The topological polar surface area (TPSA) is 41.1 Å². The second-order valence-corrected chi connectivity index (χ2v) is 5.04. The molecule has 3 nitrogen and oxygen atoms in total. The van der Waals surface area contributed by atoms with Crippen LogP contribution in [0.15, 0.2) is 42.5 Å². The van der Waals surface area contributed by atoms with Crippen molar-refractivity contribution in [2.45, 2.75) is 13.5 Å². The molecule has 0 radical (unpaired) electrons. The number of hydrogen-bond acceptors (Lipinski definition) is 2. The molecule has 2 rings (SSSR count). The van der Waals surface area contributed by atoms with Crippen molar-refractivity contribution in [2.24, 2.45) is 0 Å². The SMILES string of the molecule is CNc1ccc(C)cc1C(=O)NCc1ccc(Cl)cc1. The molecule has 0 aliphatic carbocycles. The van der Waals surface area contributed by atoms with Crippen LogP contribution in [0.25, 0.3) is 0 Å². The van der Waals surface area contributed by atoms with Crippen LogP contribution in [0, 0.1) is 6.92 Å². The van der Waals surface area contributed by atoms with Gasteiger partial charge in [-0.2, -0.15) is 0 Å². The third kappa shape index (κ3) is 3.52. The van der Waals surface area contributed by atoms with Crippen LogP contribution in [-0.4, -0.2) is 13.0 Å². The minimum atomic E-state index is -0.0898. The van der Waals surface area contributed by atoms with Gasteiger partial charge >= 0.3 is 0 Å². The van der Waals surface area contributed by atoms with Gasteiger partial charge in [0.25, 0.3) is 5.91 Å². The monoisotopic (exact) mass is 288 g/mol. The van der Waals surface area contributed by atoms with Crippen LogP contribution >= 0.6 is 11.6 Å². The highest BCUT2D eigenvalue weighted by atomic mass is 35.5. The van der Waals surface area contributed by atoms with Gasteiger partial charge in [-0.15, -0.1) is 0 Å². The summed E-state index contributed by atoms with van der Waals surface area (Å²) in [4.78, 5) is 12.2. The molecule has 0 aromatic heterocycles. The Morgan fingerprint density at radius 3 is 2.50 bits per heavy atom. The van der Waals surface area contributed by atoms with Gasteiger partial charge < -0.3 is 10.6 Å². The van der Waals surface area contributed by atoms with Crippen molar-refractivity contribution in [3.8, 4) is 0 Å². The predicted octanol–water partition coefficient (Wildman–Crippen LogP) is 3.62. The van der Waals surface area contributed by atoms with Crippen molar-refractivity contribution >= 4 is 23.2 Å². The van der Waals surface area contributed by atoms with Gasteiger partial charge in [-0.1, -0.05) is 35.4 Å². The number of nitrogens with one attached hydrogen (secondary N) is 2. The van der Waals surface area contributed by atoms with Gasteiger partial charge in [0.2, 0.25) is 0 Å². The van der Waals surface area contributed by atoms with E-state index in [4.69, 9.17) is 11.6 Å². The molecule has 0 spiro atoms. The summed E-state index contributed by atoms with van der Waals surface area (Å²) in [5.74, 6) is -0.0898. The summed E-state index contributed by atoms with van der Waals surface area (Å²) in [6.45, 7) is 2.45. The standard InChI is InChI=1S/C16H17ClN2O/c1-11-3-8-15(18-2)14(9-11)16(20)19-10-12-4-6-13(17)7-5-12/h3-9,18H,10H2,1-2H3,(H,19,20). The van der Waals surface area contributed by atoms with Gasteiger partial charge in [0.05, 0.1) is 5.56 Å². The lowest BCUT2D eigenvalue weighted by Crippen LogP contribution is -2.23. The second-order valence-electron chi connectivity index (χ2n) is 4.61. The van der Waals surface area contributed by atoms with E-state index in [1.54, 1.807) is 7.05 Å². The summed E-state index contributed by atoms with van der Waals surface area (Å²) in [5, 5.41) is 6.64. The maximum Gasteiger partial charge on any atom is 0.253 e. The van der Waals surface area contributed by atoms with Gasteiger partial charge in [-0.3, -0.25) is 4.79 Å². The fourth-order valence-electron chi connectivity index (χ4n) is 1.94. The van der Waals surface area contributed by atoms with Gasteiger partial charge in [0.15, 0.2) is 0 Å². The minimum absolute atomic E-state index is 0.0898. The Bertz CT molecular complexity index is 608. The largest absolute Gasteiger partial charge is 0.387 e. The lowest BCUT2D eigenvalue weighted by Gasteiger charge is -2.11. The average molecular weight is 289 g/mol. The summed E-state index contributed by atoms with van der Waals surface area (Å²) < 4.78 is 0. The fraction of sp³-hybridized carbons (Fsp3) is 0.188. The van der Waals surface area contributed by atoms with Gasteiger partial charge in [0.1, 0.15) is 0 Å². The van der Waals surface area contributed by atoms with E-state index in [9.17, 15) is 4.79 Å². The molecular formula is C16H17ClN2O. The maximum absolute atomic E-state index is 12.2. The number of carbonyl (C=O) groups excluding carboxylic acids is 1. The molecule has 0 heterocycles. The molecule has 4 heteroatoms. The third-order valence-corrected chi connectivity index (χ3v) is 3.31. The highest BCUT2D eigenvalue weighted by Gasteiger charge is 2.10. The number of carbonyl (C=O) groups is 1. The van der Waals surface area contributed by atoms with Gasteiger partial charge in [-0.25, -0.2) is 0 Å². The van der Waals surface area contributed by atoms with Crippen molar-refractivity contribution in [2.75, 3.05) is 12.4 Å². The van der Waals surface area contributed by atoms with Crippen LogP contribution in [0.2, 0.25) is 5.02 Å². The number of hydrogen-bond donors (Lipinski definition) is 2. The molecule has 1 amide bonds. The molecule has 0 atom stereocenters. The molecule has 104 valence electrons. The number of amides is 1. The molecule has 2 N–H and O–H groups in total. The maximum atomic E-state index is 12.2. The van der Waals surface area contributed by atoms with Crippen molar-refractivity contribution in [3.05, 3.63) is 64.2 Å². The van der Waals surface area contributed by atoms with E-state index >= 15 is 0 Å². The number of anilines is 1. The zero-order chi connectivity index (χ0) is 14.5. The molecule has 0 saturated carbocycles. The first-order valence-corrected chi connectivity index (χ1v) is 6.79. The first-order valence-electron chi connectivity index (χ1n) is 6.41. The van der Waals surface area contributed by atoms with Crippen molar-refractivity contribution in [1.82, 2.24) is 5.32 Å². The van der Waals surface area contributed by atoms with Crippen LogP contribution in [0.1, 0.15) is 21.5 Å². The Morgan fingerprint density at radius 2 is 1.85 bits per heavy atom. The Morgan fingerprint density at radius 1 is 1.15 bits per heavy atom. The third-order valence-electron chi connectivity index (χ3n) is 3.06. The summed E-state index contributed by atoms with van der Waals surface area (Å²) >= 11 is 5.83. The average Bonchev–Trinajstić information content (AvgIpc) is 2.46. The van der Waals surface area contributed by atoms with E-state index in [0.29, 0.717) is 17.1 Å². The zero-order valence-corrected chi connectivity index (χ0v) is 12.3. The molecule has 0 bridgehead atoms. The Labute approximate surface area is 124 Å². The van der Waals surface area contributed by atoms with Crippen LogP contribution in [0.3, 0.4) is 0 Å². The van der Waals surface area contributed by atoms with E-state index in [2.05, 4.69) is 10.6 Å². The lowest BCUT2D eigenvalue weighted by atomic mass is 10.1. The van der Waals surface area contributed by atoms with E-state index in [1.807, 2.05) is 49.4 Å². The molecule has 0 aliphatic rings. The summed E-state index contributed by atoms with van der Waals surface area (Å²) in [6, 6.07) is 13.2. The van der Waals surface area contributed by atoms with Crippen LogP contribution < -0.4 is 10.6 Å². The molecule has 0 aliphatic heterocycles. The van der Waals surface area contributed by atoms with Gasteiger partial charge in [0, 0.05) is 24.3 Å². The Hall–Kier alpha value is -2.00. The summed E-state index contributed by atoms with van der Waals surface area (Å²) in [5.41, 5.74) is 3.55. The van der Waals surface area contributed by atoms with Crippen LogP contribution in [-0.2, 0) is 6.54 Å². The Kier molecular flexibility index (Phi) is 4.64. The van der Waals surface area contributed by atoms with Crippen LogP contribution in [0.4, 0.5) is 5.69 Å². The number of benzene rings is 2. The van der Waals surface area contributed by atoms with E-state index < -0.39 is 0 Å². The van der Waals surface area contributed by atoms with E-state index in [1.165, 1.54) is 0 Å². The first-order chi connectivity index (χ1) is 9.60. The molecule has 0 fully saturated rings. The molecule has 0 saturated heterocycles. The van der Waals surface area contributed by atoms with Crippen LogP contribution in [0.5, 0.6) is 0 Å². The lowest BCUT2D eigenvalue weighted by molar-refractivity contribution is 0.0951. The smallest absolute Gasteiger partial charge is 0.253 e. The van der Waals surface area contributed by atoms with E-state index in [0.717, 1.165) is 16.8 Å². The number of rotatable bonds is 4. The summed E-state index contributed by atoms with van der Waals surface area (Å²) in [7, 11) is 1.81. The highest BCUT2D eigenvalue weighted by molar-refractivity contribution is 6.30. The molecular weight excluding hydrogens is 272 g/mol. The molecule has 2 aromatic carbocycles. The summed E-state index contributed by atoms with van der Waals surface area (Å²) in [6.07, 6.45) is 0. The van der Waals surface area contributed by atoms with Crippen molar-refractivity contribution < 1.29 is 4.79 Å².